The van der Waals surface area contributed by atoms with Crippen molar-refractivity contribution < 1.29 is 18.3 Å². The van der Waals surface area contributed by atoms with Crippen LogP contribution in [0.3, 0.4) is 0 Å². The summed E-state index contributed by atoms with van der Waals surface area (Å²) in [6.07, 6.45) is 0.729. The third-order valence-electron chi connectivity index (χ3n) is 3.75. The molecule has 1 aromatic heterocycles. The van der Waals surface area contributed by atoms with Crippen molar-refractivity contribution in [1.82, 2.24) is 4.57 Å². The maximum atomic E-state index is 14.2. The van der Waals surface area contributed by atoms with Crippen molar-refractivity contribution in [2.45, 2.75) is 26.8 Å². The number of hydrogen-bond donors (Lipinski definition) is 0. The zero-order valence-corrected chi connectivity index (χ0v) is 15.3. The lowest BCUT2D eigenvalue weighted by Crippen LogP contribution is -2.17. The summed E-state index contributed by atoms with van der Waals surface area (Å²) in [5.74, 6) is -1.07. The lowest BCUT2D eigenvalue weighted by Gasteiger charge is -2.04. The van der Waals surface area contributed by atoms with Crippen LogP contribution < -0.4 is 9.54 Å². The molecule has 0 aliphatic carbocycles. The Kier molecular flexibility index (Phi) is 5.46. The minimum atomic E-state index is -0.653. The minimum Gasteiger partial charge on any atom is -0.494 e. The number of ether oxygens (including phenoxy) is 1. The van der Waals surface area contributed by atoms with Crippen molar-refractivity contribution in [3.05, 3.63) is 58.4 Å². The Morgan fingerprint density at radius 3 is 2.58 bits per heavy atom. The number of fused-ring (bicyclic) bond motifs is 1. The van der Waals surface area contributed by atoms with Gasteiger partial charge in [0.15, 0.2) is 10.6 Å². The van der Waals surface area contributed by atoms with Gasteiger partial charge in [-0.3, -0.25) is 4.79 Å². The Balaban J connectivity index is 2.06. The molecular formula is C19H18F2N2O2S. The van der Waals surface area contributed by atoms with Gasteiger partial charge in [0, 0.05) is 18.2 Å². The van der Waals surface area contributed by atoms with Crippen LogP contribution >= 0.6 is 11.3 Å². The van der Waals surface area contributed by atoms with Crippen molar-refractivity contribution in [2.75, 3.05) is 6.61 Å². The van der Waals surface area contributed by atoms with Crippen LogP contribution in [0.15, 0.2) is 41.4 Å². The average Bonchev–Trinajstić information content (AvgIpc) is 2.93. The molecule has 0 aliphatic heterocycles. The first-order valence-corrected chi connectivity index (χ1v) is 9.15. The van der Waals surface area contributed by atoms with Gasteiger partial charge in [-0.15, -0.1) is 0 Å². The van der Waals surface area contributed by atoms with Gasteiger partial charge in [-0.25, -0.2) is 8.78 Å². The zero-order valence-electron chi connectivity index (χ0n) is 14.5. The van der Waals surface area contributed by atoms with Crippen LogP contribution in [0.1, 0.15) is 30.6 Å². The molecule has 1 heterocycles. The van der Waals surface area contributed by atoms with Crippen molar-refractivity contribution in [3.8, 4) is 5.75 Å². The molecule has 0 saturated heterocycles. The van der Waals surface area contributed by atoms with Gasteiger partial charge < -0.3 is 9.30 Å². The van der Waals surface area contributed by atoms with Gasteiger partial charge in [0.05, 0.1) is 16.8 Å². The second-order valence-corrected chi connectivity index (χ2v) is 6.65. The number of thiazole rings is 1. The molecule has 136 valence electrons. The van der Waals surface area contributed by atoms with E-state index < -0.39 is 17.5 Å². The van der Waals surface area contributed by atoms with E-state index in [9.17, 15) is 13.6 Å². The summed E-state index contributed by atoms with van der Waals surface area (Å²) < 4.78 is 35.1. The van der Waals surface area contributed by atoms with Crippen LogP contribution in [0, 0.1) is 11.6 Å². The van der Waals surface area contributed by atoms with Crippen LogP contribution in [0.2, 0.25) is 0 Å². The third-order valence-corrected chi connectivity index (χ3v) is 4.78. The van der Waals surface area contributed by atoms with Crippen molar-refractivity contribution in [1.29, 1.82) is 0 Å². The summed E-state index contributed by atoms with van der Waals surface area (Å²) in [5.41, 5.74) is 0.678. The number of aromatic nitrogens is 1. The molecule has 0 saturated carbocycles. The molecule has 0 fully saturated rings. The highest BCUT2D eigenvalue weighted by molar-refractivity contribution is 7.16. The van der Waals surface area contributed by atoms with E-state index in [1.54, 1.807) is 28.8 Å². The molecule has 3 aromatic rings. The molecule has 0 atom stereocenters. The lowest BCUT2D eigenvalue weighted by atomic mass is 10.2. The highest BCUT2D eigenvalue weighted by Gasteiger charge is 2.14. The second kappa shape index (κ2) is 7.78. The van der Waals surface area contributed by atoms with E-state index in [-0.39, 0.29) is 5.52 Å². The number of aryl methyl sites for hydroxylation is 1. The fraction of sp³-hybridized carbons (Fsp3) is 0.263. The van der Waals surface area contributed by atoms with E-state index in [0.717, 1.165) is 23.8 Å². The highest BCUT2D eigenvalue weighted by atomic mass is 32.1. The average molecular weight is 376 g/mol. The SMILES string of the molecule is CCCn1c(=NC(=O)c2ccc(OCC)cc2)sc2cc(F)cc(F)c21. The van der Waals surface area contributed by atoms with Gasteiger partial charge in [0.2, 0.25) is 0 Å². The summed E-state index contributed by atoms with van der Waals surface area (Å²) in [4.78, 5) is 17.0. The summed E-state index contributed by atoms with van der Waals surface area (Å²) in [5, 5.41) is 0. The number of halogens is 2. The van der Waals surface area contributed by atoms with Gasteiger partial charge in [-0.05, 0) is 43.7 Å². The topological polar surface area (TPSA) is 43.6 Å². The number of carbonyl (C=O) groups is 1. The Bertz CT molecular complexity index is 1010. The fourth-order valence-electron chi connectivity index (χ4n) is 2.66. The Morgan fingerprint density at radius 2 is 1.92 bits per heavy atom. The van der Waals surface area contributed by atoms with Gasteiger partial charge in [-0.2, -0.15) is 4.99 Å². The predicted octanol–water partition coefficient (Wildman–Crippen LogP) is 4.53. The Morgan fingerprint density at radius 1 is 1.19 bits per heavy atom. The summed E-state index contributed by atoms with van der Waals surface area (Å²) in [6.45, 7) is 4.84. The van der Waals surface area contributed by atoms with E-state index in [1.165, 1.54) is 6.07 Å². The predicted molar refractivity (Wildman–Crippen MR) is 97.5 cm³/mol. The van der Waals surface area contributed by atoms with Crippen LogP contribution in [0.4, 0.5) is 8.78 Å². The molecule has 0 radical (unpaired) electrons. The second-order valence-electron chi connectivity index (χ2n) is 5.64. The molecule has 3 rings (SSSR count). The Labute approximate surface area is 153 Å². The number of benzene rings is 2. The molecule has 7 heteroatoms. The largest absolute Gasteiger partial charge is 0.494 e. The van der Waals surface area contributed by atoms with Crippen LogP contribution in [0.5, 0.6) is 5.75 Å². The quantitative estimate of drug-likeness (QED) is 0.657. The normalized spacial score (nSPS) is 11.9. The lowest BCUT2D eigenvalue weighted by molar-refractivity contribution is 0.0997. The van der Waals surface area contributed by atoms with Crippen molar-refractivity contribution >= 4 is 27.5 Å². The van der Waals surface area contributed by atoms with E-state index in [4.69, 9.17) is 4.74 Å². The van der Waals surface area contributed by atoms with E-state index >= 15 is 0 Å². The number of rotatable bonds is 5. The fourth-order valence-corrected chi connectivity index (χ4v) is 3.75. The first kappa shape index (κ1) is 18.3. The van der Waals surface area contributed by atoms with Crippen LogP contribution in [-0.2, 0) is 6.54 Å². The van der Waals surface area contributed by atoms with E-state index in [1.807, 2.05) is 13.8 Å². The third kappa shape index (κ3) is 3.67. The summed E-state index contributed by atoms with van der Waals surface area (Å²) >= 11 is 1.10. The molecule has 0 unspecified atom stereocenters. The molecule has 0 aliphatic rings. The van der Waals surface area contributed by atoms with E-state index in [2.05, 4.69) is 4.99 Å². The molecule has 4 nitrogen and oxygen atoms in total. The molecule has 26 heavy (non-hydrogen) atoms. The van der Waals surface area contributed by atoms with Gasteiger partial charge in [0.25, 0.3) is 5.91 Å². The molecule has 2 aromatic carbocycles. The highest BCUT2D eigenvalue weighted by Crippen LogP contribution is 2.22. The van der Waals surface area contributed by atoms with Gasteiger partial charge in [-0.1, -0.05) is 18.3 Å². The molecule has 1 amide bonds. The number of hydrogen-bond acceptors (Lipinski definition) is 3. The smallest absolute Gasteiger partial charge is 0.279 e. The molecule has 0 N–H and O–H groups in total. The number of nitrogens with zero attached hydrogens (tertiary/aromatic N) is 2. The standard InChI is InChI=1S/C19H18F2N2O2S/c1-3-9-23-17-15(21)10-13(20)11-16(17)26-19(23)22-18(24)12-5-7-14(8-6-12)25-4-2/h5-8,10-11H,3-4,9H2,1-2H3. The maximum absolute atomic E-state index is 14.2. The Hall–Kier alpha value is -2.54. The molecule has 0 bridgehead atoms. The first-order chi connectivity index (χ1) is 12.5. The maximum Gasteiger partial charge on any atom is 0.279 e. The minimum absolute atomic E-state index is 0.275. The van der Waals surface area contributed by atoms with Gasteiger partial charge in [0.1, 0.15) is 11.6 Å². The summed E-state index contributed by atoms with van der Waals surface area (Å²) in [7, 11) is 0. The molecule has 0 spiro atoms. The first-order valence-electron chi connectivity index (χ1n) is 8.33. The molecular weight excluding hydrogens is 358 g/mol. The zero-order chi connectivity index (χ0) is 18.7. The monoisotopic (exact) mass is 376 g/mol. The van der Waals surface area contributed by atoms with Crippen molar-refractivity contribution in [2.24, 2.45) is 4.99 Å². The van der Waals surface area contributed by atoms with E-state index in [0.29, 0.717) is 34.0 Å². The summed E-state index contributed by atoms with van der Waals surface area (Å²) in [6, 6.07) is 8.77. The number of carbonyl (C=O) groups excluding carboxylic acids is 1. The van der Waals surface area contributed by atoms with Crippen molar-refractivity contribution in [3.63, 3.8) is 0 Å². The van der Waals surface area contributed by atoms with Crippen LogP contribution in [0.25, 0.3) is 10.2 Å². The number of amides is 1. The van der Waals surface area contributed by atoms with Crippen LogP contribution in [-0.4, -0.2) is 17.1 Å². The van der Waals surface area contributed by atoms with Gasteiger partial charge >= 0.3 is 0 Å².